The molecule has 0 aliphatic heterocycles. The zero-order valence-electron chi connectivity index (χ0n) is 10.1. The highest BCUT2D eigenvalue weighted by atomic mass is 32.2. The highest BCUT2D eigenvalue weighted by Crippen LogP contribution is 2.23. The van der Waals surface area contributed by atoms with Crippen LogP contribution in [0, 0.1) is 0 Å². The number of ketones is 1. The van der Waals surface area contributed by atoms with E-state index in [0.717, 1.165) is 21.7 Å². The first-order valence-electron chi connectivity index (χ1n) is 5.96. The Bertz CT molecular complexity index is 674. The molecule has 0 unspecified atom stereocenters. The van der Waals surface area contributed by atoms with Gasteiger partial charge in [-0.1, -0.05) is 42.5 Å². The van der Waals surface area contributed by atoms with Crippen molar-refractivity contribution in [3.8, 4) is 0 Å². The van der Waals surface area contributed by atoms with E-state index in [0.29, 0.717) is 0 Å². The second kappa shape index (κ2) is 5.24. The third-order valence-corrected chi connectivity index (χ3v) is 3.62. The van der Waals surface area contributed by atoms with Crippen LogP contribution in [0.3, 0.4) is 0 Å². The summed E-state index contributed by atoms with van der Waals surface area (Å²) in [6.45, 7) is 0. The van der Waals surface area contributed by atoms with E-state index in [1.807, 2.05) is 54.6 Å². The zero-order chi connectivity index (χ0) is 13.1. The van der Waals surface area contributed by atoms with Crippen LogP contribution < -0.4 is 0 Å². The van der Waals surface area contributed by atoms with Gasteiger partial charge in [-0.05, 0) is 24.3 Å². The summed E-state index contributed by atoms with van der Waals surface area (Å²) in [7, 11) is 0. The Morgan fingerprint density at radius 3 is 2.26 bits per heavy atom. The van der Waals surface area contributed by atoms with Gasteiger partial charge in [0.25, 0.3) is 0 Å². The average Bonchev–Trinajstić information content (AvgIpc) is 2.48. The minimum Gasteiger partial charge on any atom is -0.289 e. The number of fused-ring (bicyclic) bond motifs is 1. The summed E-state index contributed by atoms with van der Waals surface area (Å²) in [6, 6.07) is 17.5. The van der Waals surface area contributed by atoms with Crippen LogP contribution in [0.25, 0.3) is 0 Å². The molecule has 3 heteroatoms. The summed E-state index contributed by atoms with van der Waals surface area (Å²) in [5.41, 5.74) is 2.46. The van der Waals surface area contributed by atoms with Crippen LogP contribution in [-0.2, 0) is 0 Å². The average molecular weight is 265 g/mol. The number of rotatable bonds is 2. The van der Waals surface area contributed by atoms with Crippen LogP contribution >= 0.6 is 11.9 Å². The van der Waals surface area contributed by atoms with Crippen molar-refractivity contribution >= 4 is 23.4 Å². The third-order valence-electron chi connectivity index (χ3n) is 2.85. The van der Waals surface area contributed by atoms with E-state index >= 15 is 0 Å². The second-order valence-electron chi connectivity index (χ2n) is 4.12. The molecule has 0 bridgehead atoms. The summed E-state index contributed by atoms with van der Waals surface area (Å²) in [4.78, 5) is 12.8. The Hall–Kier alpha value is -2.13. The molecule has 0 atom stereocenters. The van der Waals surface area contributed by atoms with Gasteiger partial charge in [-0.2, -0.15) is 0 Å². The van der Waals surface area contributed by atoms with Gasteiger partial charge in [0.1, 0.15) is 0 Å². The number of hydrogen-bond donors (Lipinski definition) is 0. The van der Waals surface area contributed by atoms with E-state index < -0.39 is 0 Å². The summed E-state index contributed by atoms with van der Waals surface area (Å²) >= 11 is 1.42. The lowest BCUT2D eigenvalue weighted by atomic mass is 9.95. The normalized spacial score (nSPS) is 15.6. The maximum atomic E-state index is 11.8. The van der Waals surface area contributed by atoms with Crippen molar-refractivity contribution in [1.29, 1.82) is 0 Å². The number of carbonyl (C=O) groups is 1. The van der Waals surface area contributed by atoms with E-state index in [4.69, 9.17) is 0 Å². The highest BCUT2D eigenvalue weighted by molar-refractivity contribution is 7.98. The van der Waals surface area contributed by atoms with Gasteiger partial charge in [0.05, 0.1) is 5.71 Å². The van der Waals surface area contributed by atoms with E-state index in [9.17, 15) is 4.79 Å². The van der Waals surface area contributed by atoms with Crippen LogP contribution in [0.1, 0.15) is 15.9 Å². The van der Waals surface area contributed by atoms with Crippen molar-refractivity contribution in [3.05, 3.63) is 77.9 Å². The number of benzene rings is 2. The van der Waals surface area contributed by atoms with E-state index in [1.165, 1.54) is 11.9 Å². The van der Waals surface area contributed by atoms with Gasteiger partial charge < -0.3 is 0 Å². The Kier molecular flexibility index (Phi) is 3.29. The molecule has 2 nitrogen and oxygen atoms in total. The molecule has 0 heterocycles. The van der Waals surface area contributed by atoms with Crippen LogP contribution in [0.2, 0.25) is 0 Å². The third kappa shape index (κ3) is 2.51. The predicted molar refractivity (Wildman–Crippen MR) is 78.7 cm³/mol. The van der Waals surface area contributed by atoms with Gasteiger partial charge >= 0.3 is 0 Å². The second-order valence-corrected chi connectivity index (χ2v) is 4.96. The molecule has 0 amide bonds. The first-order valence-corrected chi connectivity index (χ1v) is 6.74. The molecule has 0 fully saturated rings. The smallest absolute Gasteiger partial charge is 0.186 e. The van der Waals surface area contributed by atoms with Gasteiger partial charge in [0.2, 0.25) is 0 Å². The maximum absolute atomic E-state index is 11.8. The van der Waals surface area contributed by atoms with Gasteiger partial charge in [0, 0.05) is 28.0 Å². The monoisotopic (exact) mass is 265 g/mol. The van der Waals surface area contributed by atoms with E-state index in [-0.39, 0.29) is 5.78 Å². The molecule has 2 aromatic rings. The number of allylic oxidation sites excluding steroid dienone is 2. The van der Waals surface area contributed by atoms with Crippen molar-refractivity contribution in [2.24, 2.45) is 4.40 Å². The Morgan fingerprint density at radius 2 is 1.47 bits per heavy atom. The number of hydrogen-bond acceptors (Lipinski definition) is 3. The molecule has 1 aliphatic rings. The summed E-state index contributed by atoms with van der Waals surface area (Å²) in [5, 5.41) is 0. The molecule has 0 aromatic heterocycles. The van der Waals surface area contributed by atoms with Crippen molar-refractivity contribution in [2.45, 2.75) is 4.90 Å². The summed E-state index contributed by atoms with van der Waals surface area (Å²) in [6.07, 6.45) is 3.35. The Balaban J connectivity index is 1.94. The molecule has 1 aliphatic carbocycles. The minimum atomic E-state index is 0.0410. The first kappa shape index (κ1) is 11.9. The van der Waals surface area contributed by atoms with Gasteiger partial charge in [-0.3, -0.25) is 4.79 Å². The van der Waals surface area contributed by atoms with Crippen molar-refractivity contribution < 1.29 is 4.79 Å². The fourth-order valence-electron chi connectivity index (χ4n) is 1.92. The first-order chi connectivity index (χ1) is 9.34. The van der Waals surface area contributed by atoms with Gasteiger partial charge in [0.15, 0.2) is 5.78 Å². The molecule has 0 spiro atoms. The molecular weight excluding hydrogens is 254 g/mol. The lowest BCUT2D eigenvalue weighted by molar-refractivity contribution is 0.104. The quantitative estimate of drug-likeness (QED) is 0.770. The van der Waals surface area contributed by atoms with Crippen LogP contribution in [0.15, 0.2) is 76.0 Å². The van der Waals surface area contributed by atoms with Crippen molar-refractivity contribution in [1.82, 2.24) is 0 Å². The van der Waals surface area contributed by atoms with E-state index in [1.54, 1.807) is 12.2 Å². The SMILES string of the molecule is O=C1C=CC(=NSc2ccccc2)c2ccccc21. The molecule has 3 rings (SSSR count). The zero-order valence-corrected chi connectivity index (χ0v) is 10.9. The molecule has 0 radical (unpaired) electrons. The molecule has 0 saturated carbocycles. The Morgan fingerprint density at radius 1 is 0.789 bits per heavy atom. The highest BCUT2D eigenvalue weighted by Gasteiger charge is 2.16. The molecule has 0 saturated heterocycles. The lowest BCUT2D eigenvalue weighted by Gasteiger charge is -2.11. The number of nitrogens with zero attached hydrogens (tertiary/aromatic N) is 1. The molecule has 2 aromatic carbocycles. The summed E-state index contributed by atoms with van der Waals surface area (Å²) < 4.78 is 4.52. The van der Waals surface area contributed by atoms with E-state index in [2.05, 4.69) is 4.40 Å². The standard InChI is InChI=1S/C16H11NOS/c18-16-11-10-15(13-8-4-5-9-14(13)16)17-19-12-6-2-1-3-7-12/h1-11H. The van der Waals surface area contributed by atoms with Crippen LogP contribution in [0.4, 0.5) is 0 Å². The predicted octanol–water partition coefficient (Wildman–Crippen LogP) is 3.94. The fourth-order valence-corrected chi connectivity index (χ4v) is 2.56. The molecule has 92 valence electrons. The van der Waals surface area contributed by atoms with Crippen molar-refractivity contribution in [3.63, 3.8) is 0 Å². The van der Waals surface area contributed by atoms with Crippen molar-refractivity contribution in [2.75, 3.05) is 0 Å². The summed E-state index contributed by atoms with van der Waals surface area (Å²) in [5.74, 6) is 0.0410. The Labute approximate surface area is 116 Å². The molecule has 0 N–H and O–H groups in total. The lowest BCUT2D eigenvalue weighted by Crippen LogP contribution is -2.11. The minimum absolute atomic E-state index is 0.0410. The molecule has 19 heavy (non-hydrogen) atoms. The number of carbonyl (C=O) groups excluding carboxylic acids is 1. The topological polar surface area (TPSA) is 29.4 Å². The fraction of sp³-hybridized carbons (Fsp3) is 0. The maximum Gasteiger partial charge on any atom is 0.186 e. The van der Waals surface area contributed by atoms with Crippen LogP contribution in [0.5, 0.6) is 0 Å². The largest absolute Gasteiger partial charge is 0.289 e. The van der Waals surface area contributed by atoms with Crippen LogP contribution in [-0.4, -0.2) is 11.5 Å². The molecular formula is C16H11NOS. The van der Waals surface area contributed by atoms with Gasteiger partial charge in [-0.15, -0.1) is 0 Å². The van der Waals surface area contributed by atoms with Gasteiger partial charge in [-0.25, -0.2) is 4.40 Å².